The van der Waals surface area contributed by atoms with Crippen molar-refractivity contribution in [1.82, 2.24) is 14.9 Å². The van der Waals surface area contributed by atoms with Crippen LogP contribution in [0.5, 0.6) is 0 Å². The molecule has 0 radical (unpaired) electrons. The fourth-order valence-electron chi connectivity index (χ4n) is 2.27. The second-order valence-electron chi connectivity index (χ2n) is 6.40. The molecular formula is C14H20FN3O4S. The van der Waals surface area contributed by atoms with E-state index in [0.29, 0.717) is 0 Å². The van der Waals surface area contributed by atoms with E-state index in [4.69, 9.17) is 4.74 Å². The molecule has 0 aromatic carbocycles. The molecule has 1 aliphatic heterocycles. The van der Waals surface area contributed by atoms with Gasteiger partial charge in [0.2, 0.25) is 15.0 Å². The topological polar surface area (TPSA) is 89.5 Å². The number of nitrogens with zero attached hydrogens (tertiary/aromatic N) is 3. The van der Waals surface area contributed by atoms with Crippen molar-refractivity contribution in [3.63, 3.8) is 0 Å². The Kier molecular flexibility index (Phi) is 4.88. The van der Waals surface area contributed by atoms with E-state index in [1.807, 2.05) is 0 Å². The summed E-state index contributed by atoms with van der Waals surface area (Å²) in [5.74, 6) is -0.691. The molecule has 1 aromatic heterocycles. The highest BCUT2D eigenvalue weighted by Gasteiger charge is 2.35. The van der Waals surface area contributed by atoms with Gasteiger partial charge in [0.15, 0.2) is 5.82 Å². The third-order valence-electron chi connectivity index (χ3n) is 3.38. The number of sulfone groups is 1. The number of hydrogen-bond donors (Lipinski definition) is 0. The maximum Gasteiger partial charge on any atom is 0.410 e. The quantitative estimate of drug-likeness (QED) is 0.759. The molecule has 2 heterocycles. The van der Waals surface area contributed by atoms with Crippen LogP contribution in [0.4, 0.5) is 9.18 Å². The number of likely N-dealkylation sites (tertiary alicyclic amines) is 1. The summed E-state index contributed by atoms with van der Waals surface area (Å²) >= 11 is 0. The Balaban J connectivity index is 2.01. The van der Waals surface area contributed by atoms with Crippen LogP contribution in [0.2, 0.25) is 0 Å². The number of carbonyl (C=O) groups is 1. The van der Waals surface area contributed by atoms with Crippen LogP contribution in [0, 0.1) is 5.82 Å². The minimum absolute atomic E-state index is 0.266. The van der Waals surface area contributed by atoms with Gasteiger partial charge < -0.3 is 9.64 Å². The summed E-state index contributed by atoms with van der Waals surface area (Å²) in [4.78, 5) is 20.6. The van der Waals surface area contributed by atoms with Gasteiger partial charge in [-0.05, 0) is 33.6 Å². The molecule has 0 atom stereocenters. The summed E-state index contributed by atoms with van der Waals surface area (Å²) in [7, 11) is -3.73. The van der Waals surface area contributed by atoms with Gasteiger partial charge in [-0.1, -0.05) is 0 Å². The van der Waals surface area contributed by atoms with Gasteiger partial charge in [0.1, 0.15) is 5.60 Å². The van der Waals surface area contributed by atoms with Crippen molar-refractivity contribution >= 4 is 15.9 Å². The van der Waals surface area contributed by atoms with E-state index in [2.05, 4.69) is 9.97 Å². The highest BCUT2D eigenvalue weighted by molar-refractivity contribution is 7.91. The van der Waals surface area contributed by atoms with Crippen molar-refractivity contribution < 1.29 is 22.3 Å². The van der Waals surface area contributed by atoms with E-state index in [0.717, 1.165) is 12.4 Å². The first-order valence-electron chi connectivity index (χ1n) is 7.29. The molecule has 1 aliphatic rings. The summed E-state index contributed by atoms with van der Waals surface area (Å²) in [6, 6.07) is 0. The first kappa shape index (κ1) is 17.6. The van der Waals surface area contributed by atoms with E-state index < -0.39 is 32.6 Å². The van der Waals surface area contributed by atoms with Crippen molar-refractivity contribution in [3.8, 4) is 0 Å². The zero-order valence-corrected chi connectivity index (χ0v) is 14.1. The molecule has 23 heavy (non-hydrogen) atoms. The molecule has 0 saturated carbocycles. The van der Waals surface area contributed by atoms with Gasteiger partial charge in [-0.15, -0.1) is 0 Å². The maximum atomic E-state index is 12.8. The van der Waals surface area contributed by atoms with E-state index in [-0.39, 0.29) is 31.1 Å². The van der Waals surface area contributed by atoms with Crippen LogP contribution in [0.1, 0.15) is 33.6 Å². The van der Waals surface area contributed by atoms with Gasteiger partial charge >= 0.3 is 6.09 Å². The average molecular weight is 345 g/mol. The molecular weight excluding hydrogens is 325 g/mol. The maximum absolute atomic E-state index is 12.8. The van der Waals surface area contributed by atoms with E-state index in [1.165, 1.54) is 4.90 Å². The number of halogens is 1. The second-order valence-corrected chi connectivity index (χ2v) is 8.52. The molecule has 0 aliphatic carbocycles. The van der Waals surface area contributed by atoms with Gasteiger partial charge in [0, 0.05) is 13.1 Å². The third kappa shape index (κ3) is 4.37. The first-order chi connectivity index (χ1) is 10.6. The van der Waals surface area contributed by atoms with Crippen molar-refractivity contribution in [2.75, 3.05) is 13.1 Å². The molecule has 1 fully saturated rings. The predicted octanol–water partition coefficient (Wildman–Crippen LogP) is 1.79. The van der Waals surface area contributed by atoms with Gasteiger partial charge in [0.05, 0.1) is 17.6 Å². The number of ether oxygens (including phenoxy) is 1. The lowest BCUT2D eigenvalue weighted by Gasteiger charge is -2.32. The van der Waals surface area contributed by atoms with Crippen LogP contribution in [0.25, 0.3) is 0 Å². The molecule has 1 saturated heterocycles. The van der Waals surface area contributed by atoms with Crippen LogP contribution in [0.15, 0.2) is 17.6 Å². The normalized spacial score (nSPS) is 17.1. The second kappa shape index (κ2) is 6.38. The van der Waals surface area contributed by atoms with Crippen LogP contribution in [-0.2, 0) is 14.6 Å². The number of rotatable bonds is 2. The molecule has 1 amide bonds. The highest BCUT2D eigenvalue weighted by atomic mass is 32.2. The third-order valence-corrected chi connectivity index (χ3v) is 5.45. The molecule has 9 heteroatoms. The fourth-order valence-corrected chi connectivity index (χ4v) is 3.80. The zero-order valence-electron chi connectivity index (χ0n) is 13.3. The molecule has 0 spiro atoms. The zero-order chi connectivity index (χ0) is 17.3. The molecule has 7 nitrogen and oxygen atoms in total. The fraction of sp³-hybridized carbons (Fsp3) is 0.643. The van der Waals surface area contributed by atoms with E-state index >= 15 is 0 Å². The number of amides is 1. The average Bonchev–Trinajstić information content (AvgIpc) is 2.46. The van der Waals surface area contributed by atoms with Crippen LogP contribution in [0.3, 0.4) is 0 Å². The van der Waals surface area contributed by atoms with Gasteiger partial charge in [-0.2, -0.15) is 0 Å². The van der Waals surface area contributed by atoms with Crippen LogP contribution >= 0.6 is 0 Å². The minimum Gasteiger partial charge on any atom is -0.444 e. The lowest BCUT2D eigenvalue weighted by atomic mass is 10.1. The minimum atomic E-state index is -3.73. The van der Waals surface area contributed by atoms with Gasteiger partial charge in [-0.3, -0.25) is 0 Å². The smallest absolute Gasteiger partial charge is 0.410 e. The molecule has 2 rings (SSSR count). The summed E-state index contributed by atoms with van der Waals surface area (Å²) in [5, 5.41) is -1.07. The summed E-state index contributed by atoms with van der Waals surface area (Å²) in [5.41, 5.74) is -0.595. The SMILES string of the molecule is CC(C)(C)OC(=O)N1CCC(S(=O)(=O)c2ncc(F)cn2)CC1. The lowest BCUT2D eigenvalue weighted by Crippen LogP contribution is -2.44. The van der Waals surface area contributed by atoms with Crippen LogP contribution in [-0.4, -0.2) is 53.3 Å². The molecule has 128 valence electrons. The summed E-state index contributed by atoms with van der Waals surface area (Å²) < 4.78 is 42.9. The highest BCUT2D eigenvalue weighted by Crippen LogP contribution is 2.23. The van der Waals surface area contributed by atoms with Gasteiger partial charge in [-0.25, -0.2) is 27.6 Å². The number of carbonyl (C=O) groups excluding carboxylic acids is 1. The molecule has 1 aromatic rings. The standard InChI is InChI=1S/C14H20FN3O4S/c1-14(2,3)22-13(19)18-6-4-11(5-7-18)23(20,21)12-16-8-10(15)9-17-12/h8-9,11H,4-7H2,1-3H3. The number of hydrogen-bond acceptors (Lipinski definition) is 6. The summed E-state index contributed by atoms with van der Waals surface area (Å²) in [6.07, 6.45) is 1.74. The predicted molar refractivity (Wildman–Crippen MR) is 80.0 cm³/mol. The Labute approximate surface area is 134 Å². The van der Waals surface area contributed by atoms with E-state index in [9.17, 15) is 17.6 Å². The van der Waals surface area contributed by atoms with Crippen molar-refractivity contribution in [1.29, 1.82) is 0 Å². The molecule has 0 unspecified atom stereocenters. The monoisotopic (exact) mass is 345 g/mol. The molecule has 0 bridgehead atoms. The Bertz CT molecular complexity index is 662. The first-order valence-corrected chi connectivity index (χ1v) is 8.83. The lowest BCUT2D eigenvalue weighted by molar-refractivity contribution is 0.0217. The number of aromatic nitrogens is 2. The Morgan fingerprint density at radius 3 is 2.26 bits per heavy atom. The Hall–Kier alpha value is -1.77. The Morgan fingerprint density at radius 1 is 1.26 bits per heavy atom. The largest absolute Gasteiger partial charge is 0.444 e. The Morgan fingerprint density at radius 2 is 1.78 bits per heavy atom. The van der Waals surface area contributed by atoms with E-state index in [1.54, 1.807) is 20.8 Å². The summed E-state index contributed by atoms with van der Waals surface area (Å²) in [6.45, 7) is 5.87. The number of piperidine rings is 1. The van der Waals surface area contributed by atoms with Crippen LogP contribution < -0.4 is 0 Å². The molecule has 0 N–H and O–H groups in total. The van der Waals surface area contributed by atoms with Gasteiger partial charge in [0.25, 0.3) is 0 Å². The van der Waals surface area contributed by atoms with Crippen molar-refractivity contribution in [3.05, 3.63) is 18.2 Å². The van der Waals surface area contributed by atoms with Crippen molar-refractivity contribution in [2.45, 2.75) is 49.6 Å². The van der Waals surface area contributed by atoms with Crippen molar-refractivity contribution in [2.24, 2.45) is 0 Å².